The van der Waals surface area contributed by atoms with E-state index >= 15 is 0 Å². The van der Waals surface area contributed by atoms with Crippen molar-refractivity contribution < 1.29 is 18.4 Å². The zero-order valence-electron chi connectivity index (χ0n) is 17.0. The van der Waals surface area contributed by atoms with Crippen LogP contribution in [0.3, 0.4) is 0 Å². The van der Waals surface area contributed by atoms with E-state index in [2.05, 4.69) is 29.5 Å². The molecule has 1 heterocycles. The van der Waals surface area contributed by atoms with Gasteiger partial charge in [-0.2, -0.15) is 0 Å². The average Bonchev–Trinajstić information content (AvgIpc) is 3.09. The van der Waals surface area contributed by atoms with Crippen LogP contribution >= 0.6 is 0 Å². The first-order valence-electron chi connectivity index (χ1n) is 9.94. The lowest BCUT2D eigenvalue weighted by molar-refractivity contribution is -0.126. The van der Waals surface area contributed by atoms with Gasteiger partial charge in [-0.1, -0.05) is 27.2 Å². The van der Waals surface area contributed by atoms with Gasteiger partial charge in [-0.3, -0.25) is 9.59 Å². The Morgan fingerprint density at radius 3 is 2.34 bits per heavy atom. The van der Waals surface area contributed by atoms with Gasteiger partial charge in [0.15, 0.2) is 5.82 Å². The molecule has 0 fully saturated rings. The molecule has 0 saturated heterocycles. The number of hydrogen-bond donors (Lipinski definition) is 2. The average molecular weight is 406 g/mol. The van der Waals surface area contributed by atoms with E-state index < -0.39 is 23.6 Å². The number of carbonyl (C=O) groups is 2. The van der Waals surface area contributed by atoms with Crippen LogP contribution in [0.15, 0.2) is 30.7 Å². The highest BCUT2D eigenvalue weighted by Gasteiger charge is 2.21. The maximum absolute atomic E-state index is 13.3. The van der Waals surface area contributed by atoms with E-state index in [0.717, 1.165) is 31.0 Å². The SMILES string of the molecule is CCC[C@H](NC(=O)Cc1cc(F)cc(F)c1)C(=O)Nc1cn(C(CC)CC)cn1. The van der Waals surface area contributed by atoms with E-state index in [-0.39, 0.29) is 17.9 Å². The highest BCUT2D eigenvalue weighted by Crippen LogP contribution is 2.17. The Morgan fingerprint density at radius 2 is 1.76 bits per heavy atom. The van der Waals surface area contributed by atoms with Crippen molar-refractivity contribution in [3.63, 3.8) is 0 Å². The van der Waals surface area contributed by atoms with Crippen LogP contribution in [0.5, 0.6) is 0 Å². The summed E-state index contributed by atoms with van der Waals surface area (Å²) >= 11 is 0. The molecule has 2 amide bonds. The number of carbonyl (C=O) groups excluding carboxylic acids is 2. The number of rotatable bonds is 10. The van der Waals surface area contributed by atoms with E-state index in [1.54, 1.807) is 12.5 Å². The molecule has 1 aromatic heterocycles. The van der Waals surface area contributed by atoms with Gasteiger partial charge >= 0.3 is 0 Å². The molecule has 2 aromatic rings. The van der Waals surface area contributed by atoms with Gasteiger partial charge in [-0.25, -0.2) is 13.8 Å². The molecule has 0 aliphatic rings. The van der Waals surface area contributed by atoms with Crippen molar-refractivity contribution >= 4 is 17.6 Å². The molecule has 1 aromatic carbocycles. The van der Waals surface area contributed by atoms with Crippen LogP contribution in [0.4, 0.5) is 14.6 Å². The second-order valence-corrected chi connectivity index (χ2v) is 7.03. The fraction of sp³-hybridized carbons (Fsp3) is 0.476. The third kappa shape index (κ3) is 6.66. The van der Waals surface area contributed by atoms with Gasteiger partial charge in [-0.05, 0) is 37.0 Å². The zero-order chi connectivity index (χ0) is 21.4. The number of aromatic nitrogens is 2. The van der Waals surface area contributed by atoms with Crippen LogP contribution in [0.25, 0.3) is 0 Å². The van der Waals surface area contributed by atoms with Gasteiger partial charge in [0.05, 0.1) is 12.7 Å². The van der Waals surface area contributed by atoms with Gasteiger partial charge < -0.3 is 15.2 Å². The van der Waals surface area contributed by atoms with Crippen molar-refractivity contribution in [3.8, 4) is 0 Å². The van der Waals surface area contributed by atoms with E-state index in [4.69, 9.17) is 0 Å². The predicted molar refractivity (Wildman–Crippen MR) is 107 cm³/mol. The fourth-order valence-electron chi connectivity index (χ4n) is 3.23. The van der Waals surface area contributed by atoms with Crippen LogP contribution in [0.1, 0.15) is 58.1 Å². The smallest absolute Gasteiger partial charge is 0.248 e. The Balaban J connectivity index is 2.00. The molecule has 0 aliphatic carbocycles. The van der Waals surface area contributed by atoms with E-state index in [1.165, 1.54) is 0 Å². The maximum Gasteiger partial charge on any atom is 0.248 e. The Bertz CT molecular complexity index is 814. The molecule has 158 valence electrons. The molecular weight excluding hydrogens is 378 g/mol. The minimum Gasteiger partial charge on any atom is -0.344 e. The van der Waals surface area contributed by atoms with Crippen molar-refractivity contribution in [2.24, 2.45) is 0 Å². The molecular formula is C21H28F2N4O2. The predicted octanol–water partition coefficient (Wildman–Crippen LogP) is 3.99. The number of benzene rings is 1. The summed E-state index contributed by atoms with van der Waals surface area (Å²) in [6.45, 7) is 6.07. The van der Waals surface area contributed by atoms with Crippen LogP contribution in [-0.4, -0.2) is 27.4 Å². The minimum absolute atomic E-state index is 0.208. The van der Waals surface area contributed by atoms with Crippen LogP contribution in [0.2, 0.25) is 0 Å². The minimum atomic E-state index is -0.760. The summed E-state index contributed by atoms with van der Waals surface area (Å²) in [5.74, 6) is -1.93. The lowest BCUT2D eigenvalue weighted by Crippen LogP contribution is -2.44. The number of halogens is 2. The molecule has 29 heavy (non-hydrogen) atoms. The summed E-state index contributed by atoms with van der Waals surface area (Å²) in [7, 11) is 0. The van der Waals surface area contributed by atoms with Gasteiger partial charge in [0.1, 0.15) is 17.7 Å². The van der Waals surface area contributed by atoms with E-state index in [1.807, 2.05) is 11.5 Å². The standard InChI is InChI=1S/C21H28F2N4O2/c1-4-7-18(25-20(28)10-14-8-15(22)11-16(23)9-14)21(29)26-19-12-27(13-24-19)17(5-2)6-3/h8-9,11-13,17-18H,4-7,10H2,1-3H3,(H,25,28)(H,26,29)/t18-/m0/s1. The molecule has 0 saturated carbocycles. The van der Waals surface area contributed by atoms with Gasteiger partial charge in [0.2, 0.25) is 11.8 Å². The molecule has 2 N–H and O–H groups in total. The van der Waals surface area contributed by atoms with Gasteiger partial charge in [0, 0.05) is 18.3 Å². The number of anilines is 1. The summed E-state index contributed by atoms with van der Waals surface area (Å²) in [6.07, 6.45) is 6.25. The van der Waals surface area contributed by atoms with Crippen molar-refractivity contribution in [2.45, 2.75) is 65.0 Å². The van der Waals surface area contributed by atoms with Crippen molar-refractivity contribution in [1.29, 1.82) is 0 Å². The quantitative estimate of drug-likeness (QED) is 0.626. The highest BCUT2D eigenvalue weighted by atomic mass is 19.1. The fourth-order valence-corrected chi connectivity index (χ4v) is 3.23. The number of hydrogen-bond acceptors (Lipinski definition) is 3. The second kappa shape index (κ2) is 10.7. The number of amides is 2. The molecule has 0 unspecified atom stereocenters. The summed E-state index contributed by atoms with van der Waals surface area (Å²) in [6, 6.07) is 2.50. The van der Waals surface area contributed by atoms with Gasteiger partial charge in [-0.15, -0.1) is 0 Å². The topological polar surface area (TPSA) is 76.0 Å². The second-order valence-electron chi connectivity index (χ2n) is 7.03. The molecule has 0 bridgehead atoms. The molecule has 1 atom stereocenters. The largest absolute Gasteiger partial charge is 0.344 e. The normalized spacial score (nSPS) is 12.1. The molecule has 0 aliphatic heterocycles. The highest BCUT2D eigenvalue weighted by molar-refractivity contribution is 5.96. The Kier molecular flexibility index (Phi) is 8.30. The van der Waals surface area contributed by atoms with Crippen molar-refractivity contribution in [1.82, 2.24) is 14.9 Å². The summed E-state index contributed by atoms with van der Waals surface area (Å²) < 4.78 is 28.6. The lowest BCUT2D eigenvalue weighted by atomic mass is 10.1. The summed E-state index contributed by atoms with van der Waals surface area (Å²) in [5, 5.41) is 5.38. The third-order valence-corrected chi connectivity index (χ3v) is 4.73. The third-order valence-electron chi connectivity index (χ3n) is 4.73. The first-order chi connectivity index (χ1) is 13.9. The van der Waals surface area contributed by atoms with Crippen LogP contribution in [-0.2, 0) is 16.0 Å². The monoisotopic (exact) mass is 406 g/mol. The van der Waals surface area contributed by atoms with Crippen LogP contribution < -0.4 is 10.6 Å². The first kappa shape index (κ1) is 22.5. The number of nitrogens with one attached hydrogen (secondary N) is 2. The number of nitrogens with zero attached hydrogens (tertiary/aromatic N) is 2. The van der Waals surface area contributed by atoms with Gasteiger partial charge in [0.25, 0.3) is 0 Å². The lowest BCUT2D eigenvalue weighted by Gasteiger charge is -2.17. The molecule has 0 spiro atoms. The van der Waals surface area contributed by atoms with E-state index in [0.29, 0.717) is 24.7 Å². The van der Waals surface area contributed by atoms with E-state index in [9.17, 15) is 18.4 Å². The Labute approximate surface area is 169 Å². The molecule has 6 nitrogen and oxygen atoms in total. The van der Waals surface area contributed by atoms with Crippen molar-refractivity contribution in [3.05, 3.63) is 47.9 Å². The number of imidazole rings is 1. The molecule has 2 rings (SSSR count). The Morgan fingerprint density at radius 1 is 1.10 bits per heavy atom. The molecule has 8 heteroatoms. The molecule has 0 radical (unpaired) electrons. The van der Waals surface area contributed by atoms with Crippen molar-refractivity contribution in [2.75, 3.05) is 5.32 Å². The van der Waals surface area contributed by atoms with Crippen LogP contribution in [0, 0.1) is 11.6 Å². The summed E-state index contributed by atoms with van der Waals surface area (Å²) in [5.41, 5.74) is 0.208. The summed E-state index contributed by atoms with van der Waals surface area (Å²) in [4.78, 5) is 29.1. The maximum atomic E-state index is 13.3. The Hall–Kier alpha value is -2.77. The zero-order valence-corrected chi connectivity index (χ0v) is 17.0. The first-order valence-corrected chi connectivity index (χ1v) is 9.94.